The molecule has 7 nitrogen and oxygen atoms in total. The second kappa shape index (κ2) is 9.20. The Hall–Kier alpha value is -3.36. The van der Waals surface area contributed by atoms with Gasteiger partial charge in [0.05, 0.1) is 17.7 Å². The van der Waals surface area contributed by atoms with Crippen molar-refractivity contribution in [2.24, 2.45) is 0 Å². The molecule has 4 rings (SSSR count). The van der Waals surface area contributed by atoms with Crippen molar-refractivity contribution in [2.75, 3.05) is 6.54 Å². The Balaban J connectivity index is 1.28. The van der Waals surface area contributed by atoms with Crippen LogP contribution in [0.4, 0.5) is 0 Å². The van der Waals surface area contributed by atoms with Gasteiger partial charge in [0.25, 0.3) is 5.91 Å². The maximum absolute atomic E-state index is 12.4. The molecule has 0 aliphatic carbocycles. The van der Waals surface area contributed by atoms with Gasteiger partial charge in [0.1, 0.15) is 5.76 Å². The molecule has 0 aliphatic rings. The molecule has 0 saturated carbocycles. The average molecular weight is 438 g/mol. The van der Waals surface area contributed by atoms with Crippen LogP contribution < -0.4 is 10.0 Å². The number of nitrogens with one attached hydrogen (secondary N) is 2. The highest BCUT2D eigenvalue weighted by Gasteiger charge is 2.15. The molecule has 0 saturated heterocycles. The Morgan fingerprint density at radius 3 is 2.55 bits per heavy atom. The van der Waals surface area contributed by atoms with Gasteiger partial charge in [-0.05, 0) is 60.3 Å². The van der Waals surface area contributed by atoms with E-state index in [0.717, 1.165) is 13.0 Å². The summed E-state index contributed by atoms with van der Waals surface area (Å²) >= 11 is 0. The molecular weight excluding hydrogens is 414 g/mol. The summed E-state index contributed by atoms with van der Waals surface area (Å²) in [6, 6.07) is 19.5. The highest BCUT2D eigenvalue weighted by atomic mass is 32.2. The number of carbonyl (C=O) groups is 1. The number of rotatable bonds is 9. The van der Waals surface area contributed by atoms with Crippen molar-refractivity contribution in [3.63, 3.8) is 0 Å². The van der Waals surface area contributed by atoms with Gasteiger partial charge in [-0.2, -0.15) is 0 Å². The molecule has 0 fully saturated rings. The highest BCUT2D eigenvalue weighted by molar-refractivity contribution is 7.89. The number of furan rings is 1. The summed E-state index contributed by atoms with van der Waals surface area (Å²) in [5, 5.41) is 4.08. The molecule has 0 spiro atoms. The van der Waals surface area contributed by atoms with Crippen molar-refractivity contribution in [2.45, 2.75) is 24.4 Å². The molecule has 0 bridgehead atoms. The number of hydrogen-bond acceptors (Lipinski definition) is 4. The standard InChI is InChI=1S/C23H23N3O4S/c27-23(24-13-4-14-26-15-12-18-5-1-2-7-22(18)26)19-8-10-21(11-9-19)31(28,29)25-17-20-6-3-16-30-20/h1-3,5-12,15-16,25H,4,13-14,17H2,(H,24,27). The molecule has 2 N–H and O–H groups in total. The molecule has 0 atom stereocenters. The zero-order chi connectivity index (χ0) is 21.7. The third-order valence-corrected chi connectivity index (χ3v) is 6.40. The Bertz CT molecular complexity index is 1260. The SMILES string of the molecule is O=C(NCCCn1ccc2ccccc21)c1ccc(S(=O)(=O)NCc2ccco2)cc1. The fraction of sp³-hybridized carbons (Fsp3) is 0.174. The molecule has 2 aromatic heterocycles. The Morgan fingerprint density at radius 1 is 0.968 bits per heavy atom. The van der Waals surface area contributed by atoms with Gasteiger partial charge in [-0.15, -0.1) is 0 Å². The van der Waals surface area contributed by atoms with E-state index in [-0.39, 0.29) is 17.3 Å². The number of amides is 1. The van der Waals surface area contributed by atoms with Crippen LogP contribution in [0, 0.1) is 0 Å². The molecule has 31 heavy (non-hydrogen) atoms. The van der Waals surface area contributed by atoms with E-state index < -0.39 is 10.0 Å². The van der Waals surface area contributed by atoms with Crippen LogP contribution in [0.15, 0.2) is 88.5 Å². The van der Waals surface area contributed by atoms with Gasteiger partial charge in [0, 0.05) is 30.4 Å². The number of aryl methyl sites for hydroxylation is 1. The predicted molar refractivity (Wildman–Crippen MR) is 118 cm³/mol. The van der Waals surface area contributed by atoms with Crippen LogP contribution in [0.1, 0.15) is 22.5 Å². The smallest absolute Gasteiger partial charge is 0.251 e. The van der Waals surface area contributed by atoms with Crippen molar-refractivity contribution in [3.8, 4) is 0 Å². The Labute approximate surface area is 180 Å². The van der Waals surface area contributed by atoms with E-state index in [9.17, 15) is 13.2 Å². The van der Waals surface area contributed by atoms with Crippen molar-refractivity contribution >= 4 is 26.8 Å². The number of hydrogen-bond donors (Lipinski definition) is 2. The van der Waals surface area contributed by atoms with Gasteiger partial charge in [0.2, 0.25) is 10.0 Å². The lowest BCUT2D eigenvalue weighted by Gasteiger charge is -2.09. The summed E-state index contributed by atoms with van der Waals surface area (Å²) in [6.45, 7) is 1.39. The number of benzene rings is 2. The number of fused-ring (bicyclic) bond motifs is 1. The summed E-state index contributed by atoms with van der Waals surface area (Å²) in [4.78, 5) is 12.5. The van der Waals surface area contributed by atoms with E-state index in [0.29, 0.717) is 17.9 Å². The number of sulfonamides is 1. The molecule has 0 aliphatic heterocycles. The van der Waals surface area contributed by atoms with E-state index in [1.54, 1.807) is 12.1 Å². The minimum Gasteiger partial charge on any atom is -0.468 e. The van der Waals surface area contributed by atoms with Gasteiger partial charge in [-0.1, -0.05) is 18.2 Å². The summed E-state index contributed by atoms with van der Waals surface area (Å²) in [5.41, 5.74) is 1.59. The summed E-state index contributed by atoms with van der Waals surface area (Å²) in [7, 11) is -3.69. The minimum absolute atomic E-state index is 0.0637. The monoisotopic (exact) mass is 437 g/mol. The van der Waals surface area contributed by atoms with Crippen LogP contribution in [0.25, 0.3) is 10.9 Å². The van der Waals surface area contributed by atoms with Gasteiger partial charge in [-0.25, -0.2) is 13.1 Å². The van der Waals surface area contributed by atoms with Gasteiger partial charge < -0.3 is 14.3 Å². The first kappa shape index (κ1) is 20.9. The second-order valence-electron chi connectivity index (χ2n) is 7.11. The zero-order valence-corrected chi connectivity index (χ0v) is 17.6. The molecule has 0 radical (unpaired) electrons. The number of para-hydroxylation sites is 1. The molecule has 0 unspecified atom stereocenters. The first-order chi connectivity index (χ1) is 15.0. The fourth-order valence-electron chi connectivity index (χ4n) is 3.34. The van der Waals surface area contributed by atoms with E-state index >= 15 is 0 Å². The van der Waals surface area contributed by atoms with Gasteiger partial charge in [0.15, 0.2) is 0 Å². The van der Waals surface area contributed by atoms with E-state index in [1.165, 1.54) is 41.4 Å². The predicted octanol–water partition coefficient (Wildman–Crippen LogP) is 3.53. The average Bonchev–Trinajstić information content (AvgIpc) is 3.45. The normalized spacial score (nSPS) is 11.6. The van der Waals surface area contributed by atoms with E-state index in [1.807, 2.05) is 18.3 Å². The number of nitrogens with zero attached hydrogens (tertiary/aromatic N) is 1. The quantitative estimate of drug-likeness (QED) is 0.392. The molecule has 2 heterocycles. The van der Waals surface area contributed by atoms with Crippen LogP contribution in [0.2, 0.25) is 0 Å². The van der Waals surface area contributed by atoms with Crippen LogP contribution in [0.3, 0.4) is 0 Å². The summed E-state index contributed by atoms with van der Waals surface area (Å²) in [6.07, 6.45) is 4.32. The maximum atomic E-state index is 12.4. The maximum Gasteiger partial charge on any atom is 0.251 e. The number of aromatic nitrogens is 1. The number of carbonyl (C=O) groups excluding carboxylic acids is 1. The van der Waals surface area contributed by atoms with Crippen molar-refractivity contribution in [3.05, 3.63) is 90.5 Å². The third kappa shape index (κ3) is 5.04. The minimum atomic E-state index is -3.69. The van der Waals surface area contributed by atoms with Crippen molar-refractivity contribution in [1.29, 1.82) is 0 Å². The first-order valence-electron chi connectivity index (χ1n) is 9.97. The fourth-order valence-corrected chi connectivity index (χ4v) is 4.33. The van der Waals surface area contributed by atoms with Crippen molar-refractivity contribution < 1.29 is 17.6 Å². The largest absolute Gasteiger partial charge is 0.468 e. The zero-order valence-electron chi connectivity index (χ0n) is 16.8. The first-order valence-corrected chi connectivity index (χ1v) is 11.5. The molecule has 1 amide bonds. The lowest BCUT2D eigenvalue weighted by atomic mass is 10.2. The van der Waals surface area contributed by atoms with Crippen LogP contribution in [-0.4, -0.2) is 25.4 Å². The molecule has 2 aromatic carbocycles. The second-order valence-corrected chi connectivity index (χ2v) is 8.87. The Kier molecular flexibility index (Phi) is 6.20. The lowest BCUT2D eigenvalue weighted by Crippen LogP contribution is -2.26. The summed E-state index contributed by atoms with van der Waals surface area (Å²) < 4.78 is 34.5. The van der Waals surface area contributed by atoms with Crippen LogP contribution >= 0.6 is 0 Å². The third-order valence-electron chi connectivity index (χ3n) is 4.98. The van der Waals surface area contributed by atoms with Crippen LogP contribution in [-0.2, 0) is 23.1 Å². The molecular formula is C23H23N3O4S. The van der Waals surface area contributed by atoms with Gasteiger partial charge >= 0.3 is 0 Å². The molecule has 160 valence electrons. The van der Waals surface area contributed by atoms with Gasteiger partial charge in [-0.3, -0.25) is 4.79 Å². The van der Waals surface area contributed by atoms with E-state index in [2.05, 4.69) is 32.8 Å². The van der Waals surface area contributed by atoms with Crippen molar-refractivity contribution in [1.82, 2.24) is 14.6 Å². The summed E-state index contributed by atoms with van der Waals surface area (Å²) in [5.74, 6) is 0.289. The lowest BCUT2D eigenvalue weighted by molar-refractivity contribution is 0.0952. The Morgan fingerprint density at radius 2 is 1.77 bits per heavy atom. The molecule has 8 heteroatoms. The van der Waals surface area contributed by atoms with E-state index in [4.69, 9.17) is 4.42 Å². The topological polar surface area (TPSA) is 93.3 Å². The molecule has 4 aromatic rings. The highest BCUT2D eigenvalue weighted by Crippen LogP contribution is 2.15. The van der Waals surface area contributed by atoms with Crippen LogP contribution in [0.5, 0.6) is 0 Å².